The van der Waals surface area contributed by atoms with Gasteiger partial charge in [-0.15, -0.1) is 0 Å². The van der Waals surface area contributed by atoms with Gasteiger partial charge in [0.2, 0.25) is 0 Å². The van der Waals surface area contributed by atoms with Crippen molar-refractivity contribution in [3.8, 4) is 17.3 Å². The normalized spacial score (nSPS) is 14.1. The second kappa shape index (κ2) is 8.90. The molecule has 0 bridgehead atoms. The van der Waals surface area contributed by atoms with E-state index in [2.05, 4.69) is 21.2 Å². The largest absolute Gasteiger partial charge is 0.354 e. The summed E-state index contributed by atoms with van der Waals surface area (Å²) in [6.45, 7) is 4.05. The fourth-order valence-electron chi connectivity index (χ4n) is 4.27. The molecule has 0 radical (unpaired) electrons. The van der Waals surface area contributed by atoms with Gasteiger partial charge in [0.15, 0.2) is 0 Å². The Labute approximate surface area is 195 Å². The number of carbonyl (C=O) groups is 1. The molecule has 1 fully saturated rings. The number of hydrogen-bond acceptors (Lipinski definition) is 7. The number of benzene rings is 1. The highest BCUT2D eigenvalue weighted by Gasteiger charge is 2.26. The van der Waals surface area contributed by atoms with Gasteiger partial charge < -0.3 is 14.3 Å². The van der Waals surface area contributed by atoms with Gasteiger partial charge in [-0.25, -0.2) is 14.4 Å². The second-order valence-corrected chi connectivity index (χ2v) is 8.13. The van der Waals surface area contributed by atoms with Crippen molar-refractivity contribution in [2.24, 2.45) is 0 Å². The first-order valence-corrected chi connectivity index (χ1v) is 11.0. The number of fused-ring (bicyclic) bond motifs is 1. The number of rotatable bonds is 3. The van der Waals surface area contributed by atoms with E-state index in [1.165, 1.54) is 12.1 Å². The third-order valence-corrected chi connectivity index (χ3v) is 5.98. The van der Waals surface area contributed by atoms with E-state index >= 15 is 0 Å². The van der Waals surface area contributed by atoms with Crippen LogP contribution in [0.5, 0.6) is 0 Å². The van der Waals surface area contributed by atoms with Crippen LogP contribution in [0.2, 0.25) is 0 Å². The van der Waals surface area contributed by atoms with Gasteiger partial charge in [0, 0.05) is 37.9 Å². The fourth-order valence-corrected chi connectivity index (χ4v) is 4.27. The SMILES string of the molecule is Cc1noc2nc(-c3ccc(F)cc3)cc(C(=O)N3CCCN(c4ncccc4C#N)CC3)c12. The predicted octanol–water partition coefficient (Wildman–Crippen LogP) is 3.96. The topological polar surface area (TPSA) is 99.2 Å². The van der Waals surface area contributed by atoms with Gasteiger partial charge >= 0.3 is 0 Å². The van der Waals surface area contributed by atoms with Crippen molar-refractivity contribution in [1.29, 1.82) is 5.26 Å². The minimum atomic E-state index is -0.349. The zero-order valence-electron chi connectivity index (χ0n) is 18.5. The Morgan fingerprint density at radius 3 is 2.76 bits per heavy atom. The molecule has 9 heteroatoms. The molecule has 0 aliphatic carbocycles. The molecule has 1 saturated heterocycles. The zero-order valence-corrected chi connectivity index (χ0v) is 18.5. The molecule has 0 spiro atoms. The molecule has 8 nitrogen and oxygen atoms in total. The number of halogens is 1. The molecular formula is C25H21FN6O2. The number of anilines is 1. The average molecular weight is 456 g/mol. The Bertz CT molecular complexity index is 1410. The molecule has 5 rings (SSSR count). The van der Waals surface area contributed by atoms with Crippen LogP contribution in [0.25, 0.3) is 22.4 Å². The monoisotopic (exact) mass is 456 g/mol. The molecule has 1 aromatic carbocycles. The molecule has 0 saturated carbocycles. The number of carbonyl (C=O) groups excluding carboxylic acids is 1. The van der Waals surface area contributed by atoms with Crippen LogP contribution in [0.1, 0.15) is 28.0 Å². The maximum Gasteiger partial charge on any atom is 0.259 e. The maximum absolute atomic E-state index is 13.7. The van der Waals surface area contributed by atoms with E-state index < -0.39 is 0 Å². The number of nitrogens with zero attached hydrogens (tertiary/aromatic N) is 6. The Morgan fingerprint density at radius 1 is 1.15 bits per heavy atom. The minimum Gasteiger partial charge on any atom is -0.354 e. The number of aryl methyl sites for hydroxylation is 1. The summed E-state index contributed by atoms with van der Waals surface area (Å²) in [6.07, 6.45) is 2.40. The molecule has 1 aliphatic heterocycles. The van der Waals surface area contributed by atoms with E-state index in [4.69, 9.17) is 4.52 Å². The van der Waals surface area contributed by atoms with Gasteiger partial charge in [-0.05, 0) is 55.8 Å². The predicted molar refractivity (Wildman–Crippen MR) is 124 cm³/mol. The van der Waals surface area contributed by atoms with Crippen molar-refractivity contribution < 1.29 is 13.7 Å². The maximum atomic E-state index is 13.7. The van der Waals surface area contributed by atoms with Gasteiger partial charge in [-0.1, -0.05) is 5.16 Å². The molecule has 1 aliphatic rings. The second-order valence-electron chi connectivity index (χ2n) is 8.13. The van der Waals surface area contributed by atoms with Gasteiger partial charge in [0.05, 0.1) is 27.9 Å². The third kappa shape index (κ3) is 3.94. The number of aromatic nitrogens is 3. The zero-order chi connectivity index (χ0) is 23.7. The molecule has 3 aromatic heterocycles. The fraction of sp³-hybridized carbons (Fsp3) is 0.240. The molecular weight excluding hydrogens is 435 g/mol. The van der Waals surface area contributed by atoms with E-state index in [9.17, 15) is 14.4 Å². The van der Waals surface area contributed by atoms with Crippen LogP contribution in [-0.2, 0) is 0 Å². The van der Waals surface area contributed by atoms with E-state index in [-0.39, 0.29) is 17.4 Å². The summed E-state index contributed by atoms with van der Waals surface area (Å²) >= 11 is 0. The number of amides is 1. The van der Waals surface area contributed by atoms with Gasteiger partial charge in [-0.3, -0.25) is 4.79 Å². The van der Waals surface area contributed by atoms with Crippen LogP contribution in [0.3, 0.4) is 0 Å². The van der Waals surface area contributed by atoms with Gasteiger partial charge in [-0.2, -0.15) is 5.26 Å². The number of pyridine rings is 2. The summed E-state index contributed by atoms with van der Waals surface area (Å²) in [4.78, 5) is 26.4. The Morgan fingerprint density at radius 2 is 1.97 bits per heavy atom. The lowest BCUT2D eigenvalue weighted by Crippen LogP contribution is -2.35. The lowest BCUT2D eigenvalue weighted by molar-refractivity contribution is 0.0769. The first-order valence-electron chi connectivity index (χ1n) is 11.0. The highest BCUT2D eigenvalue weighted by molar-refractivity contribution is 6.07. The smallest absolute Gasteiger partial charge is 0.259 e. The minimum absolute atomic E-state index is 0.148. The van der Waals surface area contributed by atoms with Crippen LogP contribution in [0.4, 0.5) is 10.2 Å². The average Bonchev–Trinajstić information content (AvgIpc) is 3.08. The molecule has 170 valence electrons. The van der Waals surface area contributed by atoms with Crippen molar-refractivity contribution in [2.75, 3.05) is 31.1 Å². The standard InChI is InChI=1S/C25H21FN6O2/c1-16-22-20(14-21(29-24(22)34-30-16)17-5-7-19(26)8-6-17)25(33)32-11-3-10-31(12-13-32)23-18(15-27)4-2-9-28-23/h2,4-9,14H,3,10-13H2,1H3. The Balaban J connectivity index is 1.46. The third-order valence-electron chi connectivity index (χ3n) is 5.98. The summed E-state index contributed by atoms with van der Waals surface area (Å²) in [5.74, 6) is 0.141. The van der Waals surface area contributed by atoms with E-state index in [1.807, 2.05) is 4.90 Å². The summed E-state index contributed by atoms with van der Waals surface area (Å²) in [6, 6.07) is 13.3. The lowest BCUT2D eigenvalue weighted by atomic mass is 10.0. The van der Waals surface area contributed by atoms with E-state index in [0.717, 1.165) is 6.42 Å². The van der Waals surface area contributed by atoms with E-state index in [0.29, 0.717) is 65.5 Å². The summed E-state index contributed by atoms with van der Waals surface area (Å²) in [5, 5.41) is 14.0. The molecule has 1 amide bonds. The first kappa shape index (κ1) is 21.5. The van der Waals surface area contributed by atoms with Gasteiger partial charge in [0.25, 0.3) is 11.6 Å². The van der Waals surface area contributed by atoms with Crippen LogP contribution >= 0.6 is 0 Å². The van der Waals surface area contributed by atoms with Crippen LogP contribution in [-0.4, -0.2) is 52.1 Å². The van der Waals surface area contributed by atoms with Crippen LogP contribution in [0.15, 0.2) is 53.2 Å². The van der Waals surface area contributed by atoms with Crippen molar-refractivity contribution in [2.45, 2.75) is 13.3 Å². The molecule has 4 heterocycles. The summed E-state index contributed by atoms with van der Waals surface area (Å²) in [5.41, 5.74) is 3.00. The van der Waals surface area contributed by atoms with E-state index in [1.54, 1.807) is 48.4 Å². The van der Waals surface area contributed by atoms with Crippen LogP contribution in [0, 0.1) is 24.1 Å². The highest BCUT2D eigenvalue weighted by Crippen LogP contribution is 2.29. The van der Waals surface area contributed by atoms with Gasteiger partial charge in [0.1, 0.15) is 17.7 Å². The quantitative estimate of drug-likeness (QED) is 0.460. The number of hydrogen-bond donors (Lipinski definition) is 0. The number of nitriles is 1. The summed E-state index contributed by atoms with van der Waals surface area (Å²) < 4.78 is 18.8. The lowest BCUT2D eigenvalue weighted by Gasteiger charge is -2.23. The molecule has 4 aromatic rings. The van der Waals surface area contributed by atoms with Crippen molar-refractivity contribution in [3.05, 3.63) is 71.3 Å². The Hall–Kier alpha value is -4.32. The van der Waals surface area contributed by atoms with Crippen LogP contribution < -0.4 is 4.90 Å². The van der Waals surface area contributed by atoms with Crippen molar-refractivity contribution in [3.63, 3.8) is 0 Å². The Kier molecular flexibility index (Phi) is 5.64. The van der Waals surface area contributed by atoms with Crippen molar-refractivity contribution in [1.82, 2.24) is 20.0 Å². The first-order chi connectivity index (χ1) is 16.5. The molecule has 0 unspecified atom stereocenters. The highest BCUT2D eigenvalue weighted by atomic mass is 19.1. The molecule has 0 N–H and O–H groups in total. The molecule has 0 atom stereocenters. The van der Waals surface area contributed by atoms with Crippen molar-refractivity contribution >= 4 is 22.8 Å². The summed E-state index contributed by atoms with van der Waals surface area (Å²) in [7, 11) is 0. The molecule has 34 heavy (non-hydrogen) atoms.